The Balaban J connectivity index is 0.000000672. The summed E-state index contributed by atoms with van der Waals surface area (Å²) in [5.41, 5.74) is 3.97. The van der Waals surface area contributed by atoms with E-state index in [0.717, 1.165) is 30.3 Å². The lowest BCUT2D eigenvalue weighted by atomic mass is 10.00. The van der Waals surface area contributed by atoms with Gasteiger partial charge in [0, 0.05) is 46.9 Å². The number of halogens is 1. The number of carbonyl (C=O) groups is 1. The number of carboxylic acid groups (broad SMARTS) is 1. The number of aromatic amines is 1. The minimum absolute atomic E-state index is 0.330. The standard InChI is InChI=1S/C22H16FN5O2S.C2H4O2/c1-31(29,30)28-15-6-2-4-13(8-15)20-17(23)11-26-22-21(20)16-9-18(25-12-19(16)27-22)14-5-3-7-24-10-14;1-2(3)4/h2-12,28H,1H3,(H,26,27);1H3,(H,3,4). The molecule has 1 aromatic carbocycles. The van der Waals surface area contributed by atoms with Crippen molar-refractivity contribution in [3.8, 4) is 22.4 Å². The minimum Gasteiger partial charge on any atom is -0.481 e. The minimum atomic E-state index is -3.47. The van der Waals surface area contributed by atoms with Crippen LogP contribution in [0.5, 0.6) is 0 Å². The van der Waals surface area contributed by atoms with E-state index in [0.29, 0.717) is 39.1 Å². The highest BCUT2D eigenvalue weighted by atomic mass is 32.2. The van der Waals surface area contributed by atoms with Crippen molar-refractivity contribution in [1.29, 1.82) is 0 Å². The van der Waals surface area contributed by atoms with Crippen molar-refractivity contribution >= 4 is 43.6 Å². The van der Waals surface area contributed by atoms with E-state index in [2.05, 4.69) is 24.7 Å². The Hall–Kier alpha value is -4.38. The van der Waals surface area contributed by atoms with E-state index >= 15 is 4.39 Å². The van der Waals surface area contributed by atoms with Gasteiger partial charge in [0.1, 0.15) is 11.5 Å². The molecule has 0 fully saturated rings. The number of fused-ring (bicyclic) bond motifs is 3. The lowest BCUT2D eigenvalue weighted by Gasteiger charge is -2.09. The predicted octanol–water partition coefficient (Wildman–Crippen LogP) is 4.44. The van der Waals surface area contributed by atoms with Gasteiger partial charge in [-0.05, 0) is 35.9 Å². The van der Waals surface area contributed by atoms with Crippen LogP contribution in [0, 0.1) is 5.82 Å². The van der Waals surface area contributed by atoms with Crippen LogP contribution in [0.2, 0.25) is 0 Å². The number of sulfonamides is 1. The monoisotopic (exact) mass is 493 g/mol. The fourth-order valence-corrected chi connectivity index (χ4v) is 4.20. The van der Waals surface area contributed by atoms with Gasteiger partial charge in [-0.25, -0.2) is 17.8 Å². The molecule has 0 atom stereocenters. The lowest BCUT2D eigenvalue weighted by molar-refractivity contribution is -0.134. The van der Waals surface area contributed by atoms with Crippen molar-refractivity contribution < 1.29 is 22.7 Å². The summed E-state index contributed by atoms with van der Waals surface area (Å²) < 4.78 is 40.7. The number of hydrogen-bond acceptors (Lipinski definition) is 6. The summed E-state index contributed by atoms with van der Waals surface area (Å²) in [7, 11) is -3.47. The maximum absolute atomic E-state index is 15.1. The Morgan fingerprint density at radius 3 is 2.49 bits per heavy atom. The number of nitrogens with zero attached hydrogens (tertiary/aromatic N) is 3. The van der Waals surface area contributed by atoms with E-state index in [-0.39, 0.29) is 0 Å². The van der Waals surface area contributed by atoms with Gasteiger partial charge in [-0.1, -0.05) is 12.1 Å². The molecule has 0 saturated carbocycles. The van der Waals surface area contributed by atoms with E-state index in [9.17, 15) is 8.42 Å². The molecule has 0 aliphatic rings. The molecule has 0 unspecified atom stereocenters. The molecule has 0 aliphatic carbocycles. The quantitative estimate of drug-likeness (QED) is 0.336. The second kappa shape index (κ2) is 9.47. The van der Waals surface area contributed by atoms with Crippen LogP contribution < -0.4 is 4.72 Å². The molecule has 0 bridgehead atoms. The molecule has 9 nitrogen and oxygen atoms in total. The Morgan fingerprint density at radius 2 is 1.80 bits per heavy atom. The first kappa shape index (κ1) is 23.8. The van der Waals surface area contributed by atoms with Crippen LogP contribution in [-0.2, 0) is 14.8 Å². The molecule has 5 aromatic rings. The molecule has 4 heterocycles. The number of rotatable bonds is 4. The average molecular weight is 494 g/mol. The van der Waals surface area contributed by atoms with Crippen molar-refractivity contribution in [2.75, 3.05) is 11.0 Å². The topological polar surface area (TPSA) is 138 Å². The summed E-state index contributed by atoms with van der Waals surface area (Å²) in [6.45, 7) is 1.08. The summed E-state index contributed by atoms with van der Waals surface area (Å²) in [5, 5.41) is 8.77. The molecule has 4 aromatic heterocycles. The van der Waals surface area contributed by atoms with Crippen molar-refractivity contribution in [3.63, 3.8) is 0 Å². The van der Waals surface area contributed by atoms with Gasteiger partial charge >= 0.3 is 0 Å². The lowest BCUT2D eigenvalue weighted by Crippen LogP contribution is -2.09. The highest BCUT2D eigenvalue weighted by Gasteiger charge is 2.18. The second-order valence-electron chi connectivity index (χ2n) is 7.66. The van der Waals surface area contributed by atoms with Crippen molar-refractivity contribution in [2.24, 2.45) is 0 Å². The summed E-state index contributed by atoms with van der Waals surface area (Å²) >= 11 is 0. The fourth-order valence-electron chi connectivity index (χ4n) is 3.64. The van der Waals surface area contributed by atoms with Crippen molar-refractivity contribution in [2.45, 2.75) is 6.92 Å². The summed E-state index contributed by atoms with van der Waals surface area (Å²) in [5.74, 6) is -1.34. The first-order chi connectivity index (χ1) is 16.6. The van der Waals surface area contributed by atoms with E-state index in [1.54, 1.807) is 42.9 Å². The highest BCUT2D eigenvalue weighted by molar-refractivity contribution is 7.92. The third-order valence-electron chi connectivity index (χ3n) is 4.87. The molecule has 0 spiro atoms. The summed E-state index contributed by atoms with van der Waals surface area (Å²) in [6.07, 6.45) is 7.30. The van der Waals surface area contributed by atoms with Gasteiger partial charge in [0.25, 0.3) is 5.97 Å². The van der Waals surface area contributed by atoms with Crippen LogP contribution in [0.4, 0.5) is 10.1 Å². The van der Waals surface area contributed by atoms with Gasteiger partial charge in [-0.2, -0.15) is 0 Å². The zero-order chi connectivity index (χ0) is 25.2. The maximum Gasteiger partial charge on any atom is 0.300 e. The third kappa shape index (κ3) is 5.41. The average Bonchev–Trinajstić information content (AvgIpc) is 3.16. The van der Waals surface area contributed by atoms with Crippen molar-refractivity contribution in [1.82, 2.24) is 19.9 Å². The number of carboxylic acids is 1. The molecular weight excluding hydrogens is 473 g/mol. The molecule has 3 N–H and O–H groups in total. The number of anilines is 1. The molecule has 0 saturated heterocycles. The SMILES string of the molecule is CC(=O)O.CS(=O)(=O)Nc1cccc(-c2c(F)cnc3[nH]c4cnc(-c5cccnc5)cc4c23)c1. The zero-order valence-corrected chi connectivity index (χ0v) is 19.5. The van der Waals surface area contributed by atoms with Gasteiger partial charge < -0.3 is 10.1 Å². The number of aliphatic carboxylic acids is 1. The summed E-state index contributed by atoms with van der Waals surface area (Å²) in [4.78, 5) is 25.0. The highest BCUT2D eigenvalue weighted by Crippen LogP contribution is 2.37. The number of aromatic nitrogens is 4. The molecule has 178 valence electrons. The van der Waals surface area contributed by atoms with Crippen LogP contribution in [0.25, 0.3) is 44.3 Å². The van der Waals surface area contributed by atoms with Crippen LogP contribution in [0.15, 0.2) is 67.3 Å². The number of nitrogens with one attached hydrogen (secondary N) is 2. The van der Waals surface area contributed by atoms with Gasteiger partial charge in [-0.15, -0.1) is 0 Å². The van der Waals surface area contributed by atoms with E-state index in [1.807, 2.05) is 18.2 Å². The molecule has 5 rings (SSSR count). The Kier molecular flexibility index (Phi) is 6.43. The van der Waals surface area contributed by atoms with E-state index in [4.69, 9.17) is 9.90 Å². The maximum atomic E-state index is 15.1. The molecule has 0 aliphatic heterocycles. The molecule has 0 amide bonds. The third-order valence-corrected chi connectivity index (χ3v) is 5.48. The molecule has 11 heteroatoms. The normalized spacial score (nSPS) is 11.2. The smallest absolute Gasteiger partial charge is 0.300 e. The number of hydrogen-bond donors (Lipinski definition) is 3. The predicted molar refractivity (Wildman–Crippen MR) is 132 cm³/mol. The summed E-state index contributed by atoms with van der Waals surface area (Å²) in [6, 6.07) is 12.2. The van der Waals surface area contributed by atoms with Gasteiger partial charge in [0.15, 0.2) is 0 Å². The van der Waals surface area contributed by atoms with Gasteiger partial charge in [-0.3, -0.25) is 19.5 Å². The first-order valence-electron chi connectivity index (χ1n) is 10.3. The molecule has 0 radical (unpaired) electrons. The number of pyridine rings is 3. The Labute approximate surface area is 199 Å². The number of benzene rings is 1. The first-order valence-corrected chi connectivity index (χ1v) is 12.2. The van der Waals surface area contributed by atoms with Crippen LogP contribution in [0.1, 0.15) is 6.92 Å². The van der Waals surface area contributed by atoms with Gasteiger partial charge in [0.05, 0.1) is 29.9 Å². The second-order valence-corrected chi connectivity index (χ2v) is 9.41. The van der Waals surface area contributed by atoms with E-state index < -0.39 is 21.8 Å². The van der Waals surface area contributed by atoms with E-state index in [1.165, 1.54) is 0 Å². The van der Waals surface area contributed by atoms with Gasteiger partial charge in [0.2, 0.25) is 10.0 Å². The zero-order valence-electron chi connectivity index (χ0n) is 18.7. The van der Waals surface area contributed by atoms with Crippen LogP contribution >= 0.6 is 0 Å². The van der Waals surface area contributed by atoms with Crippen LogP contribution in [-0.4, -0.2) is 45.7 Å². The Bertz CT molecular complexity index is 1650. The fraction of sp³-hybridized carbons (Fsp3) is 0.0833. The Morgan fingerprint density at radius 1 is 1.06 bits per heavy atom. The largest absolute Gasteiger partial charge is 0.481 e. The number of H-pyrrole nitrogens is 1. The van der Waals surface area contributed by atoms with Crippen molar-refractivity contribution in [3.05, 3.63) is 73.1 Å². The molecule has 35 heavy (non-hydrogen) atoms. The molecular formula is C24H20FN5O4S. The van der Waals surface area contributed by atoms with Crippen LogP contribution in [0.3, 0.4) is 0 Å².